The van der Waals surface area contributed by atoms with E-state index in [1.54, 1.807) is 0 Å². The van der Waals surface area contributed by atoms with Gasteiger partial charge in [0.1, 0.15) is 12.6 Å². The predicted molar refractivity (Wildman–Crippen MR) is 87.8 cm³/mol. The topological polar surface area (TPSA) is 111 Å². The summed E-state index contributed by atoms with van der Waals surface area (Å²) in [5, 5.41) is 5.26. The maximum atomic E-state index is 12.3. The maximum absolute atomic E-state index is 12.3. The molecule has 0 bridgehead atoms. The van der Waals surface area contributed by atoms with E-state index in [0.29, 0.717) is 0 Å². The lowest BCUT2D eigenvalue weighted by molar-refractivity contribution is -0.127. The van der Waals surface area contributed by atoms with Gasteiger partial charge in [0.25, 0.3) is 0 Å². The smallest absolute Gasteiger partial charge is 0.408 e. The van der Waals surface area contributed by atoms with Gasteiger partial charge in [-0.1, -0.05) is 43.2 Å². The van der Waals surface area contributed by atoms with Gasteiger partial charge < -0.3 is 21.1 Å². The van der Waals surface area contributed by atoms with Gasteiger partial charge in [0, 0.05) is 6.04 Å². The first-order valence-electron chi connectivity index (χ1n) is 8.10. The number of carbonyl (C=O) groups excluding carboxylic acids is 3. The van der Waals surface area contributed by atoms with E-state index in [0.717, 1.165) is 31.2 Å². The highest BCUT2D eigenvalue weighted by atomic mass is 16.5. The predicted octanol–water partition coefficient (Wildman–Crippen LogP) is 1.22. The standard InChI is InChI=1S/C17H23N3O4/c18-15(21)10-14(16(22)19-13-8-4-5-9-13)20-17(23)24-11-12-6-2-1-3-7-12/h1-3,6-7,13-14H,4-5,8-11H2,(H2,18,21)(H,19,22)(H,20,23)/t14-/m0/s1. The van der Waals surface area contributed by atoms with Crippen molar-refractivity contribution in [1.29, 1.82) is 0 Å². The van der Waals surface area contributed by atoms with Crippen LogP contribution >= 0.6 is 0 Å². The Balaban J connectivity index is 1.85. The minimum Gasteiger partial charge on any atom is -0.445 e. The number of nitrogens with one attached hydrogen (secondary N) is 2. The molecule has 4 N–H and O–H groups in total. The largest absolute Gasteiger partial charge is 0.445 e. The highest BCUT2D eigenvalue weighted by Gasteiger charge is 2.26. The number of carbonyl (C=O) groups is 3. The van der Waals surface area contributed by atoms with Crippen molar-refractivity contribution in [2.24, 2.45) is 5.73 Å². The summed E-state index contributed by atoms with van der Waals surface area (Å²) < 4.78 is 5.08. The summed E-state index contributed by atoms with van der Waals surface area (Å²) in [7, 11) is 0. The van der Waals surface area contributed by atoms with Crippen LogP contribution in [0.1, 0.15) is 37.7 Å². The maximum Gasteiger partial charge on any atom is 0.408 e. The molecule has 0 heterocycles. The highest BCUT2D eigenvalue weighted by Crippen LogP contribution is 2.17. The summed E-state index contributed by atoms with van der Waals surface area (Å²) in [5.74, 6) is -1.07. The van der Waals surface area contributed by atoms with Gasteiger partial charge in [-0.05, 0) is 18.4 Å². The SMILES string of the molecule is NC(=O)C[C@H](NC(=O)OCc1ccccc1)C(=O)NC1CCCC1. The summed E-state index contributed by atoms with van der Waals surface area (Å²) in [5.41, 5.74) is 6.00. The van der Waals surface area contributed by atoms with Crippen LogP contribution in [0.3, 0.4) is 0 Å². The van der Waals surface area contributed by atoms with Crippen molar-refractivity contribution in [3.63, 3.8) is 0 Å². The molecule has 0 aromatic heterocycles. The Kier molecular flexibility index (Phi) is 6.60. The molecule has 0 radical (unpaired) electrons. The quantitative estimate of drug-likeness (QED) is 0.696. The van der Waals surface area contributed by atoms with Crippen molar-refractivity contribution in [1.82, 2.24) is 10.6 Å². The molecule has 1 aromatic carbocycles. The second kappa shape index (κ2) is 8.90. The Morgan fingerprint density at radius 1 is 1.17 bits per heavy atom. The number of hydrogen-bond acceptors (Lipinski definition) is 4. The minimum absolute atomic E-state index is 0.0835. The van der Waals surface area contributed by atoms with Crippen LogP contribution in [0.2, 0.25) is 0 Å². The van der Waals surface area contributed by atoms with Gasteiger partial charge in [0.2, 0.25) is 11.8 Å². The highest BCUT2D eigenvalue weighted by molar-refractivity contribution is 5.90. The molecule has 1 saturated carbocycles. The first-order valence-corrected chi connectivity index (χ1v) is 8.10. The average Bonchev–Trinajstić information content (AvgIpc) is 3.06. The summed E-state index contributed by atoms with van der Waals surface area (Å²) in [4.78, 5) is 35.3. The molecule has 1 aliphatic rings. The lowest BCUT2D eigenvalue weighted by Gasteiger charge is -2.20. The van der Waals surface area contributed by atoms with Gasteiger partial charge in [0.15, 0.2) is 0 Å². The molecule has 0 aliphatic heterocycles. The van der Waals surface area contributed by atoms with Crippen molar-refractivity contribution in [3.05, 3.63) is 35.9 Å². The molecule has 1 aliphatic carbocycles. The van der Waals surface area contributed by atoms with Crippen LogP contribution in [-0.2, 0) is 20.9 Å². The van der Waals surface area contributed by atoms with Crippen molar-refractivity contribution in [2.75, 3.05) is 0 Å². The Labute approximate surface area is 140 Å². The number of benzene rings is 1. The minimum atomic E-state index is -1.02. The number of ether oxygens (including phenoxy) is 1. The fourth-order valence-electron chi connectivity index (χ4n) is 2.69. The van der Waals surface area contributed by atoms with Crippen LogP contribution in [-0.4, -0.2) is 30.0 Å². The molecule has 1 atom stereocenters. The molecule has 1 fully saturated rings. The lowest BCUT2D eigenvalue weighted by atomic mass is 10.1. The zero-order chi connectivity index (χ0) is 17.4. The van der Waals surface area contributed by atoms with Gasteiger partial charge >= 0.3 is 6.09 Å². The van der Waals surface area contributed by atoms with E-state index in [9.17, 15) is 14.4 Å². The summed E-state index contributed by atoms with van der Waals surface area (Å²) in [6.07, 6.45) is 2.93. The van der Waals surface area contributed by atoms with E-state index in [1.165, 1.54) is 0 Å². The van der Waals surface area contributed by atoms with Gasteiger partial charge in [-0.3, -0.25) is 9.59 Å². The zero-order valence-corrected chi connectivity index (χ0v) is 13.5. The third-order valence-electron chi connectivity index (χ3n) is 3.93. The number of nitrogens with two attached hydrogens (primary N) is 1. The van der Waals surface area contributed by atoms with Gasteiger partial charge in [-0.25, -0.2) is 4.79 Å². The van der Waals surface area contributed by atoms with Crippen LogP contribution in [0.25, 0.3) is 0 Å². The van der Waals surface area contributed by atoms with Crippen LogP contribution in [0, 0.1) is 0 Å². The number of primary amides is 1. The second-order valence-electron chi connectivity index (χ2n) is 5.92. The lowest BCUT2D eigenvalue weighted by Crippen LogP contribution is -2.50. The number of rotatable bonds is 7. The fraction of sp³-hybridized carbons (Fsp3) is 0.471. The van der Waals surface area contributed by atoms with Crippen LogP contribution in [0.15, 0.2) is 30.3 Å². The first-order chi connectivity index (χ1) is 11.5. The average molecular weight is 333 g/mol. The van der Waals surface area contributed by atoms with E-state index in [2.05, 4.69) is 10.6 Å². The zero-order valence-electron chi connectivity index (χ0n) is 13.5. The number of amides is 3. The van der Waals surface area contributed by atoms with E-state index < -0.39 is 23.9 Å². The molecule has 0 spiro atoms. The fourth-order valence-corrected chi connectivity index (χ4v) is 2.69. The molecule has 24 heavy (non-hydrogen) atoms. The Morgan fingerprint density at radius 3 is 2.46 bits per heavy atom. The summed E-state index contributed by atoms with van der Waals surface area (Å²) >= 11 is 0. The Hall–Kier alpha value is -2.57. The van der Waals surface area contributed by atoms with E-state index in [1.807, 2.05) is 30.3 Å². The molecule has 7 heteroatoms. The van der Waals surface area contributed by atoms with Crippen LogP contribution in [0.5, 0.6) is 0 Å². The second-order valence-corrected chi connectivity index (χ2v) is 5.92. The molecule has 2 rings (SSSR count). The van der Waals surface area contributed by atoms with Gasteiger partial charge in [-0.15, -0.1) is 0 Å². The summed E-state index contributed by atoms with van der Waals surface area (Å²) in [6, 6.07) is 8.24. The van der Waals surface area contributed by atoms with Gasteiger partial charge in [0.05, 0.1) is 6.42 Å². The molecule has 0 unspecified atom stereocenters. The van der Waals surface area contributed by atoms with Crippen molar-refractivity contribution >= 4 is 17.9 Å². The summed E-state index contributed by atoms with van der Waals surface area (Å²) in [6.45, 7) is 0.0835. The molecular formula is C17H23N3O4. The Morgan fingerprint density at radius 2 is 1.83 bits per heavy atom. The molecule has 3 amide bonds. The normalized spacial score (nSPS) is 15.5. The van der Waals surface area contributed by atoms with E-state index >= 15 is 0 Å². The van der Waals surface area contributed by atoms with Crippen molar-refractivity contribution < 1.29 is 19.1 Å². The number of hydrogen-bond donors (Lipinski definition) is 3. The monoisotopic (exact) mass is 333 g/mol. The van der Waals surface area contributed by atoms with Crippen LogP contribution < -0.4 is 16.4 Å². The van der Waals surface area contributed by atoms with Crippen molar-refractivity contribution in [3.8, 4) is 0 Å². The molecule has 1 aromatic rings. The molecule has 0 saturated heterocycles. The van der Waals surface area contributed by atoms with Crippen molar-refractivity contribution in [2.45, 2.75) is 50.8 Å². The molecule has 130 valence electrons. The Bertz CT molecular complexity index is 570. The third kappa shape index (κ3) is 5.91. The molecular weight excluding hydrogens is 310 g/mol. The van der Waals surface area contributed by atoms with Crippen LogP contribution in [0.4, 0.5) is 4.79 Å². The van der Waals surface area contributed by atoms with E-state index in [4.69, 9.17) is 10.5 Å². The van der Waals surface area contributed by atoms with Gasteiger partial charge in [-0.2, -0.15) is 0 Å². The van der Waals surface area contributed by atoms with E-state index in [-0.39, 0.29) is 19.1 Å². The third-order valence-corrected chi connectivity index (χ3v) is 3.93. The molecule has 7 nitrogen and oxygen atoms in total. The number of alkyl carbamates (subject to hydrolysis) is 1. The first kappa shape index (κ1) is 17.8.